The average Bonchev–Trinajstić information content (AvgIpc) is 3.14. The molecule has 0 bridgehead atoms. The van der Waals surface area contributed by atoms with Crippen LogP contribution < -0.4 is 10.6 Å². The zero-order chi connectivity index (χ0) is 16.8. The minimum Gasteiger partial charge on any atom is -0.376 e. The Balaban J connectivity index is 1.40. The van der Waals surface area contributed by atoms with E-state index in [1.807, 2.05) is 12.1 Å². The molecule has 2 N–H and O–H groups in total. The van der Waals surface area contributed by atoms with Crippen molar-refractivity contribution in [1.29, 1.82) is 0 Å². The van der Waals surface area contributed by atoms with E-state index in [2.05, 4.69) is 15.6 Å². The van der Waals surface area contributed by atoms with Crippen molar-refractivity contribution in [2.45, 2.75) is 31.8 Å². The molecule has 3 amide bonds. The summed E-state index contributed by atoms with van der Waals surface area (Å²) in [4.78, 5) is 30.3. The predicted octanol–water partition coefficient (Wildman–Crippen LogP) is 1.62. The Kier molecular flexibility index (Phi) is 5.63. The quantitative estimate of drug-likeness (QED) is 0.878. The second-order valence-electron chi connectivity index (χ2n) is 6.29. The van der Waals surface area contributed by atoms with E-state index in [4.69, 9.17) is 4.74 Å². The number of anilines is 1. The molecule has 2 saturated heterocycles. The third-order valence-electron chi connectivity index (χ3n) is 4.57. The molecule has 130 valence electrons. The Morgan fingerprint density at radius 2 is 2.08 bits per heavy atom. The smallest absolute Gasteiger partial charge is 0.317 e. The summed E-state index contributed by atoms with van der Waals surface area (Å²) in [5, 5.41) is 5.76. The summed E-state index contributed by atoms with van der Waals surface area (Å²) in [5.41, 5.74) is 0. The molecule has 3 rings (SSSR count). The fraction of sp³-hybridized carbons (Fsp3) is 0.588. The molecule has 1 aromatic rings. The number of piperidine rings is 1. The van der Waals surface area contributed by atoms with Crippen LogP contribution in [0.1, 0.15) is 25.7 Å². The fourth-order valence-electron chi connectivity index (χ4n) is 3.13. The molecule has 0 spiro atoms. The summed E-state index contributed by atoms with van der Waals surface area (Å²) in [6.45, 7) is 2.55. The fourth-order valence-corrected chi connectivity index (χ4v) is 3.13. The van der Waals surface area contributed by atoms with E-state index in [0.29, 0.717) is 38.3 Å². The lowest BCUT2D eigenvalue weighted by Crippen LogP contribution is -2.47. The SMILES string of the molecule is O=C(Nc1ccccn1)C1CCN(C(=O)NC[C@H]2CCCO2)CC1. The number of hydrogen-bond acceptors (Lipinski definition) is 4. The summed E-state index contributed by atoms with van der Waals surface area (Å²) < 4.78 is 5.50. The van der Waals surface area contributed by atoms with Crippen molar-refractivity contribution in [3.8, 4) is 0 Å². The maximum Gasteiger partial charge on any atom is 0.317 e. The first-order chi connectivity index (χ1) is 11.7. The Morgan fingerprint density at radius 1 is 1.25 bits per heavy atom. The monoisotopic (exact) mass is 332 g/mol. The van der Waals surface area contributed by atoms with E-state index in [1.54, 1.807) is 17.2 Å². The highest BCUT2D eigenvalue weighted by molar-refractivity contribution is 5.91. The van der Waals surface area contributed by atoms with Crippen molar-refractivity contribution < 1.29 is 14.3 Å². The van der Waals surface area contributed by atoms with Crippen molar-refractivity contribution in [3.63, 3.8) is 0 Å². The van der Waals surface area contributed by atoms with E-state index in [1.165, 1.54) is 0 Å². The predicted molar refractivity (Wildman–Crippen MR) is 89.5 cm³/mol. The Labute approximate surface area is 141 Å². The van der Waals surface area contributed by atoms with Crippen LogP contribution in [0.3, 0.4) is 0 Å². The van der Waals surface area contributed by atoms with Gasteiger partial charge in [0.15, 0.2) is 0 Å². The lowest BCUT2D eigenvalue weighted by molar-refractivity contribution is -0.121. The second-order valence-corrected chi connectivity index (χ2v) is 6.29. The first-order valence-electron chi connectivity index (χ1n) is 8.58. The Bertz CT molecular complexity index is 552. The number of aromatic nitrogens is 1. The number of likely N-dealkylation sites (tertiary alicyclic amines) is 1. The number of nitrogens with zero attached hydrogens (tertiary/aromatic N) is 2. The number of amides is 3. The molecule has 0 aliphatic carbocycles. The van der Waals surface area contributed by atoms with Gasteiger partial charge in [-0.1, -0.05) is 6.07 Å². The summed E-state index contributed by atoms with van der Waals surface area (Å²) in [6.07, 6.45) is 5.22. The number of nitrogens with one attached hydrogen (secondary N) is 2. The van der Waals surface area contributed by atoms with Gasteiger partial charge in [0.2, 0.25) is 5.91 Å². The highest BCUT2D eigenvalue weighted by atomic mass is 16.5. The van der Waals surface area contributed by atoms with Crippen molar-refractivity contribution >= 4 is 17.8 Å². The molecule has 0 aromatic carbocycles. The van der Waals surface area contributed by atoms with Gasteiger partial charge in [-0.15, -0.1) is 0 Å². The summed E-state index contributed by atoms with van der Waals surface area (Å²) in [7, 11) is 0. The third kappa shape index (κ3) is 4.44. The molecule has 2 aliphatic heterocycles. The average molecular weight is 332 g/mol. The molecular formula is C17H24N4O3. The topological polar surface area (TPSA) is 83.6 Å². The molecule has 1 aromatic heterocycles. The molecule has 7 heteroatoms. The number of pyridine rings is 1. The molecule has 1 atom stereocenters. The zero-order valence-corrected chi connectivity index (χ0v) is 13.7. The van der Waals surface area contributed by atoms with Crippen LogP contribution >= 0.6 is 0 Å². The lowest BCUT2D eigenvalue weighted by atomic mass is 9.96. The normalized spacial score (nSPS) is 21.5. The van der Waals surface area contributed by atoms with Gasteiger partial charge in [-0.2, -0.15) is 0 Å². The van der Waals surface area contributed by atoms with Gasteiger partial charge in [-0.3, -0.25) is 4.79 Å². The van der Waals surface area contributed by atoms with Crippen LogP contribution in [0.2, 0.25) is 0 Å². The van der Waals surface area contributed by atoms with E-state index < -0.39 is 0 Å². The second kappa shape index (κ2) is 8.10. The Hall–Kier alpha value is -2.15. The number of ether oxygens (including phenoxy) is 1. The van der Waals surface area contributed by atoms with E-state index >= 15 is 0 Å². The van der Waals surface area contributed by atoms with Crippen LogP contribution in [-0.2, 0) is 9.53 Å². The molecule has 24 heavy (non-hydrogen) atoms. The van der Waals surface area contributed by atoms with Gasteiger partial charge in [0.1, 0.15) is 5.82 Å². The summed E-state index contributed by atoms with van der Waals surface area (Å²) >= 11 is 0. The maximum absolute atomic E-state index is 12.3. The van der Waals surface area contributed by atoms with Gasteiger partial charge in [-0.05, 0) is 37.8 Å². The van der Waals surface area contributed by atoms with Crippen LogP contribution in [0.15, 0.2) is 24.4 Å². The minimum absolute atomic E-state index is 0.0203. The highest BCUT2D eigenvalue weighted by Crippen LogP contribution is 2.19. The number of hydrogen-bond donors (Lipinski definition) is 2. The molecule has 0 saturated carbocycles. The van der Waals surface area contributed by atoms with Gasteiger partial charge in [0.05, 0.1) is 6.10 Å². The van der Waals surface area contributed by atoms with Crippen LogP contribution in [0, 0.1) is 5.92 Å². The number of carbonyl (C=O) groups is 2. The molecule has 0 unspecified atom stereocenters. The largest absolute Gasteiger partial charge is 0.376 e. The van der Waals surface area contributed by atoms with E-state index in [9.17, 15) is 9.59 Å². The van der Waals surface area contributed by atoms with Crippen LogP contribution in [0.5, 0.6) is 0 Å². The first kappa shape index (κ1) is 16.7. The van der Waals surface area contributed by atoms with Crippen LogP contribution in [-0.4, -0.2) is 54.2 Å². The first-order valence-corrected chi connectivity index (χ1v) is 8.58. The minimum atomic E-state index is -0.0748. The standard InChI is InChI=1S/C17H24N4O3/c22-16(20-15-5-1-2-8-18-15)13-6-9-21(10-7-13)17(23)19-12-14-4-3-11-24-14/h1-2,5,8,13-14H,3-4,6-7,9-12H2,(H,19,23)(H,18,20,22)/t14-/m1/s1. The molecule has 2 fully saturated rings. The summed E-state index contributed by atoms with van der Waals surface area (Å²) in [5.74, 6) is 0.474. The van der Waals surface area contributed by atoms with Crippen LogP contribution in [0.4, 0.5) is 10.6 Å². The number of carbonyl (C=O) groups excluding carboxylic acids is 2. The molecule has 3 heterocycles. The summed E-state index contributed by atoms with van der Waals surface area (Å²) in [6, 6.07) is 5.35. The van der Waals surface area contributed by atoms with Crippen molar-refractivity contribution in [3.05, 3.63) is 24.4 Å². The van der Waals surface area contributed by atoms with Crippen molar-refractivity contribution in [2.75, 3.05) is 31.6 Å². The third-order valence-corrected chi connectivity index (χ3v) is 4.57. The molecular weight excluding hydrogens is 308 g/mol. The van der Waals surface area contributed by atoms with Crippen molar-refractivity contribution in [2.24, 2.45) is 5.92 Å². The van der Waals surface area contributed by atoms with E-state index in [-0.39, 0.29) is 24.0 Å². The lowest BCUT2D eigenvalue weighted by Gasteiger charge is -2.31. The number of rotatable bonds is 4. The van der Waals surface area contributed by atoms with Gasteiger partial charge < -0.3 is 20.3 Å². The van der Waals surface area contributed by atoms with Gasteiger partial charge >= 0.3 is 6.03 Å². The Morgan fingerprint density at radius 3 is 2.75 bits per heavy atom. The van der Waals surface area contributed by atoms with Crippen LogP contribution in [0.25, 0.3) is 0 Å². The molecule has 0 radical (unpaired) electrons. The molecule has 2 aliphatic rings. The highest BCUT2D eigenvalue weighted by Gasteiger charge is 2.28. The zero-order valence-electron chi connectivity index (χ0n) is 13.7. The van der Waals surface area contributed by atoms with Gasteiger partial charge in [-0.25, -0.2) is 9.78 Å². The van der Waals surface area contributed by atoms with Crippen molar-refractivity contribution in [1.82, 2.24) is 15.2 Å². The van der Waals surface area contributed by atoms with Gasteiger partial charge in [0, 0.05) is 38.4 Å². The molecule has 7 nitrogen and oxygen atoms in total. The number of urea groups is 1. The van der Waals surface area contributed by atoms with Gasteiger partial charge in [0.25, 0.3) is 0 Å². The maximum atomic E-state index is 12.3. The van der Waals surface area contributed by atoms with E-state index in [0.717, 1.165) is 19.4 Å².